The van der Waals surface area contributed by atoms with E-state index < -0.39 is 0 Å². The van der Waals surface area contributed by atoms with E-state index in [1.807, 2.05) is 0 Å². The molecule has 0 unspecified atom stereocenters. The summed E-state index contributed by atoms with van der Waals surface area (Å²) in [6, 6.07) is 0. The Bertz CT molecular complexity index is 303. The van der Waals surface area contributed by atoms with Crippen molar-refractivity contribution in [1.29, 1.82) is 0 Å². The normalized spacial score (nSPS) is 12.2. The van der Waals surface area contributed by atoms with E-state index in [9.17, 15) is 0 Å². The second-order valence-corrected chi connectivity index (χ2v) is 4.62. The quantitative estimate of drug-likeness (QED) is 0.649. The number of hydrogen-bond acceptors (Lipinski definition) is 1. The van der Waals surface area contributed by atoms with Crippen LogP contribution in [-0.2, 0) is 18.9 Å². The van der Waals surface area contributed by atoms with Crippen molar-refractivity contribution in [3.05, 3.63) is 17.2 Å². The van der Waals surface area contributed by atoms with Gasteiger partial charge in [-0.25, -0.2) is 4.98 Å². The molecule has 74 valence electrons. The first-order valence-corrected chi connectivity index (χ1v) is 4.90. The predicted molar refractivity (Wildman–Crippen MR) is 56.0 cm³/mol. The van der Waals surface area contributed by atoms with E-state index in [-0.39, 0.29) is 5.41 Å². The Balaban J connectivity index is 3.29. The zero-order chi connectivity index (χ0) is 10.2. The van der Waals surface area contributed by atoms with E-state index in [0.29, 0.717) is 0 Å². The molecule has 2 heteroatoms. The summed E-state index contributed by atoms with van der Waals surface area (Å²) in [5.41, 5.74) is 2.72. The molecule has 0 fully saturated rings. The van der Waals surface area contributed by atoms with Gasteiger partial charge < -0.3 is 4.57 Å². The fourth-order valence-electron chi connectivity index (χ4n) is 2.06. The summed E-state index contributed by atoms with van der Waals surface area (Å²) in [6.45, 7) is 10.9. The lowest BCUT2D eigenvalue weighted by Gasteiger charge is -2.20. The second kappa shape index (κ2) is 3.17. The summed E-state index contributed by atoms with van der Waals surface area (Å²) in [4.78, 5) is 4.56. The van der Waals surface area contributed by atoms with Gasteiger partial charge >= 0.3 is 0 Å². The zero-order valence-electron chi connectivity index (χ0n) is 9.60. The summed E-state index contributed by atoms with van der Waals surface area (Å²) in [7, 11) is 2.11. The lowest BCUT2D eigenvalue weighted by atomic mass is 9.91. The highest BCUT2D eigenvalue weighted by Gasteiger charge is 2.22. The molecule has 0 saturated carbocycles. The van der Waals surface area contributed by atoms with Crippen molar-refractivity contribution in [2.45, 2.75) is 46.5 Å². The third-order valence-corrected chi connectivity index (χ3v) is 2.39. The van der Waals surface area contributed by atoms with Gasteiger partial charge in [-0.3, -0.25) is 0 Å². The molecule has 0 amide bonds. The van der Waals surface area contributed by atoms with Crippen LogP contribution in [0.2, 0.25) is 0 Å². The van der Waals surface area contributed by atoms with Crippen LogP contribution in [0.4, 0.5) is 0 Å². The van der Waals surface area contributed by atoms with Gasteiger partial charge in [0.2, 0.25) is 0 Å². The first kappa shape index (κ1) is 10.3. The molecule has 0 bridgehead atoms. The van der Waals surface area contributed by atoms with Crippen molar-refractivity contribution < 1.29 is 0 Å². The molecule has 0 aromatic carbocycles. The average molecular weight is 180 g/mol. The summed E-state index contributed by atoms with van der Waals surface area (Å²) in [6.07, 6.45) is 1.01. The first-order valence-electron chi connectivity index (χ1n) is 4.90. The molecule has 0 spiro atoms. The SMILES string of the molecule is CCc1nc(C)c(C(C)(C)C)n1C. The summed E-state index contributed by atoms with van der Waals surface area (Å²) < 4.78 is 2.23. The van der Waals surface area contributed by atoms with E-state index in [0.717, 1.165) is 6.42 Å². The Hall–Kier alpha value is -0.790. The number of hydrogen-bond donors (Lipinski definition) is 0. The molecule has 13 heavy (non-hydrogen) atoms. The Kier molecular flexibility index (Phi) is 2.51. The number of rotatable bonds is 1. The van der Waals surface area contributed by atoms with Crippen molar-refractivity contribution in [2.24, 2.45) is 7.05 Å². The number of aryl methyl sites for hydroxylation is 2. The summed E-state index contributed by atoms with van der Waals surface area (Å²) in [5, 5.41) is 0. The monoisotopic (exact) mass is 180 g/mol. The van der Waals surface area contributed by atoms with Gasteiger partial charge in [0.15, 0.2) is 0 Å². The lowest BCUT2D eigenvalue weighted by molar-refractivity contribution is 0.534. The van der Waals surface area contributed by atoms with E-state index in [1.165, 1.54) is 17.2 Å². The first-order chi connectivity index (χ1) is 5.88. The Morgan fingerprint density at radius 3 is 2.08 bits per heavy atom. The maximum Gasteiger partial charge on any atom is 0.108 e. The molecule has 0 aliphatic carbocycles. The molecule has 0 aliphatic rings. The Morgan fingerprint density at radius 2 is 1.85 bits per heavy atom. The van der Waals surface area contributed by atoms with Crippen LogP contribution in [0.25, 0.3) is 0 Å². The highest BCUT2D eigenvalue weighted by Crippen LogP contribution is 2.25. The van der Waals surface area contributed by atoms with Crippen molar-refractivity contribution in [1.82, 2.24) is 9.55 Å². The van der Waals surface area contributed by atoms with E-state index in [2.05, 4.69) is 51.2 Å². The molecule has 0 aliphatic heterocycles. The molecule has 2 nitrogen and oxygen atoms in total. The Labute approximate surface area is 81.0 Å². The van der Waals surface area contributed by atoms with Crippen LogP contribution >= 0.6 is 0 Å². The minimum absolute atomic E-state index is 0.194. The molecule has 1 aromatic heterocycles. The van der Waals surface area contributed by atoms with Crippen LogP contribution in [0, 0.1) is 6.92 Å². The van der Waals surface area contributed by atoms with Gasteiger partial charge in [0.05, 0.1) is 5.69 Å². The van der Waals surface area contributed by atoms with E-state index >= 15 is 0 Å². The van der Waals surface area contributed by atoms with Crippen LogP contribution in [0.3, 0.4) is 0 Å². The van der Waals surface area contributed by atoms with Gasteiger partial charge in [0.25, 0.3) is 0 Å². The molecular weight excluding hydrogens is 160 g/mol. The molecule has 0 radical (unpaired) electrons. The standard InChI is InChI=1S/C11H20N2/c1-7-9-12-8(2)10(13(9)6)11(3,4)5/h7H2,1-6H3. The topological polar surface area (TPSA) is 17.8 Å². The Morgan fingerprint density at radius 1 is 1.31 bits per heavy atom. The molecule has 0 saturated heterocycles. The maximum atomic E-state index is 4.56. The summed E-state index contributed by atoms with van der Waals surface area (Å²) >= 11 is 0. The van der Waals surface area contributed by atoms with Crippen molar-refractivity contribution in [2.75, 3.05) is 0 Å². The molecule has 0 atom stereocenters. The smallest absolute Gasteiger partial charge is 0.108 e. The van der Waals surface area contributed by atoms with Crippen molar-refractivity contribution >= 4 is 0 Å². The molecule has 1 aromatic rings. The van der Waals surface area contributed by atoms with Gasteiger partial charge in [-0.1, -0.05) is 27.7 Å². The molecule has 1 heterocycles. The number of nitrogens with zero attached hydrogens (tertiary/aromatic N) is 2. The van der Waals surface area contributed by atoms with Crippen LogP contribution in [0.1, 0.15) is 44.9 Å². The van der Waals surface area contributed by atoms with Crippen LogP contribution in [0.15, 0.2) is 0 Å². The van der Waals surface area contributed by atoms with Crippen LogP contribution in [-0.4, -0.2) is 9.55 Å². The average Bonchev–Trinajstić information content (AvgIpc) is 2.24. The third kappa shape index (κ3) is 1.77. The molecular formula is C11H20N2. The molecule has 1 rings (SSSR count). The second-order valence-electron chi connectivity index (χ2n) is 4.62. The fraction of sp³-hybridized carbons (Fsp3) is 0.727. The summed E-state index contributed by atoms with van der Waals surface area (Å²) in [5.74, 6) is 1.18. The van der Waals surface area contributed by atoms with Gasteiger partial charge in [-0.05, 0) is 6.92 Å². The maximum absolute atomic E-state index is 4.56. The lowest BCUT2D eigenvalue weighted by Crippen LogP contribution is -2.18. The number of aromatic nitrogens is 2. The highest BCUT2D eigenvalue weighted by atomic mass is 15.1. The van der Waals surface area contributed by atoms with E-state index in [1.54, 1.807) is 0 Å². The predicted octanol–water partition coefficient (Wildman–Crippen LogP) is 2.59. The molecule has 0 N–H and O–H groups in total. The number of imidazole rings is 1. The minimum Gasteiger partial charge on any atom is -0.334 e. The third-order valence-electron chi connectivity index (χ3n) is 2.39. The largest absolute Gasteiger partial charge is 0.334 e. The zero-order valence-corrected chi connectivity index (χ0v) is 9.60. The van der Waals surface area contributed by atoms with Crippen LogP contribution < -0.4 is 0 Å². The van der Waals surface area contributed by atoms with Gasteiger partial charge in [0, 0.05) is 24.6 Å². The van der Waals surface area contributed by atoms with Crippen molar-refractivity contribution in [3.8, 4) is 0 Å². The van der Waals surface area contributed by atoms with Gasteiger partial charge in [-0.15, -0.1) is 0 Å². The van der Waals surface area contributed by atoms with E-state index in [4.69, 9.17) is 0 Å². The van der Waals surface area contributed by atoms with Gasteiger partial charge in [0.1, 0.15) is 5.82 Å². The highest BCUT2D eigenvalue weighted by molar-refractivity contribution is 5.23. The van der Waals surface area contributed by atoms with Crippen molar-refractivity contribution in [3.63, 3.8) is 0 Å². The van der Waals surface area contributed by atoms with Crippen LogP contribution in [0.5, 0.6) is 0 Å². The fourth-order valence-corrected chi connectivity index (χ4v) is 2.06. The minimum atomic E-state index is 0.194. The van der Waals surface area contributed by atoms with Gasteiger partial charge in [-0.2, -0.15) is 0 Å².